The predicted molar refractivity (Wildman–Crippen MR) is 86.3 cm³/mol. The Hall–Kier alpha value is -1.89. The normalized spacial score (nSPS) is 22.1. The van der Waals surface area contributed by atoms with Crippen LogP contribution in [-0.4, -0.2) is 24.4 Å². The van der Waals surface area contributed by atoms with E-state index < -0.39 is 11.8 Å². The van der Waals surface area contributed by atoms with Crippen molar-refractivity contribution < 1.29 is 19.1 Å². The molecule has 2 atom stereocenters. The number of amides is 2. The number of carbonyl (C=O) groups excluding carboxylic acids is 3. The van der Waals surface area contributed by atoms with Crippen LogP contribution in [0.2, 0.25) is 0 Å². The van der Waals surface area contributed by atoms with Crippen molar-refractivity contribution in [2.24, 2.45) is 17.6 Å². The Kier molecular flexibility index (Phi) is 4.39. The zero-order valence-corrected chi connectivity index (χ0v) is 13.8. The highest BCUT2D eigenvalue weighted by atomic mass is 32.1. The lowest BCUT2D eigenvalue weighted by Crippen LogP contribution is -2.23. The van der Waals surface area contributed by atoms with Gasteiger partial charge < -0.3 is 15.8 Å². The summed E-state index contributed by atoms with van der Waals surface area (Å²) in [5.41, 5.74) is 6.86. The number of hydrogen-bond acceptors (Lipinski definition) is 5. The molecule has 2 aliphatic carbocycles. The van der Waals surface area contributed by atoms with Gasteiger partial charge in [0, 0.05) is 4.88 Å². The van der Waals surface area contributed by atoms with Crippen LogP contribution >= 0.6 is 11.3 Å². The van der Waals surface area contributed by atoms with Crippen LogP contribution in [0, 0.1) is 11.8 Å². The van der Waals surface area contributed by atoms with Crippen LogP contribution in [-0.2, 0) is 27.2 Å². The van der Waals surface area contributed by atoms with Crippen molar-refractivity contribution in [3.63, 3.8) is 0 Å². The van der Waals surface area contributed by atoms with Crippen molar-refractivity contribution in [3.8, 4) is 0 Å². The van der Waals surface area contributed by atoms with Crippen molar-refractivity contribution in [2.45, 2.75) is 39.0 Å². The molecule has 6 nitrogen and oxygen atoms in total. The minimum atomic E-state index is -0.525. The number of anilines is 1. The second-order valence-electron chi connectivity index (χ2n) is 6.25. The number of hydrogen-bond donors (Lipinski definition) is 2. The zero-order valence-electron chi connectivity index (χ0n) is 13.0. The SMILES string of the molecule is C[C@H]1C[C@@H]1C(=O)OCC(=O)Nc1sc2c(c1C(N)=O)CCCC2. The summed E-state index contributed by atoms with van der Waals surface area (Å²) in [4.78, 5) is 36.5. The van der Waals surface area contributed by atoms with Gasteiger partial charge in [0.2, 0.25) is 0 Å². The van der Waals surface area contributed by atoms with Gasteiger partial charge in [0.25, 0.3) is 11.8 Å². The second-order valence-corrected chi connectivity index (χ2v) is 7.36. The van der Waals surface area contributed by atoms with E-state index in [0.717, 1.165) is 42.5 Å². The van der Waals surface area contributed by atoms with Gasteiger partial charge in [-0.2, -0.15) is 0 Å². The van der Waals surface area contributed by atoms with Crippen molar-refractivity contribution in [2.75, 3.05) is 11.9 Å². The highest BCUT2D eigenvalue weighted by Crippen LogP contribution is 2.39. The number of carbonyl (C=O) groups is 3. The molecule has 3 rings (SSSR count). The molecule has 0 radical (unpaired) electrons. The molecule has 0 spiro atoms. The third kappa shape index (κ3) is 3.39. The molecule has 2 aliphatic rings. The van der Waals surface area contributed by atoms with Gasteiger partial charge >= 0.3 is 5.97 Å². The fourth-order valence-corrected chi connectivity index (χ4v) is 4.28. The van der Waals surface area contributed by atoms with Crippen LogP contribution in [0.15, 0.2) is 0 Å². The van der Waals surface area contributed by atoms with Gasteiger partial charge in [-0.3, -0.25) is 14.4 Å². The molecular weight excluding hydrogens is 316 g/mol. The maximum Gasteiger partial charge on any atom is 0.309 e. The summed E-state index contributed by atoms with van der Waals surface area (Å²) >= 11 is 1.40. The molecule has 7 heteroatoms. The first-order valence-electron chi connectivity index (χ1n) is 7.88. The predicted octanol–water partition coefficient (Wildman–Crippen LogP) is 1.86. The maximum absolute atomic E-state index is 12.0. The standard InChI is InChI=1S/C16H20N2O4S/c1-8-6-10(8)16(21)22-7-12(19)18-15-13(14(17)20)9-4-2-3-5-11(9)23-15/h8,10H,2-7H2,1H3,(H2,17,20)(H,18,19)/t8-,10-/m0/s1. The Morgan fingerprint density at radius 3 is 2.65 bits per heavy atom. The molecule has 0 aliphatic heterocycles. The lowest BCUT2D eigenvalue weighted by atomic mass is 9.95. The largest absolute Gasteiger partial charge is 0.455 e. The molecule has 23 heavy (non-hydrogen) atoms. The first-order valence-corrected chi connectivity index (χ1v) is 8.70. The molecule has 3 N–H and O–H groups in total. The third-order valence-corrected chi connectivity index (χ3v) is 5.64. The van der Waals surface area contributed by atoms with Crippen molar-refractivity contribution in [1.82, 2.24) is 0 Å². The summed E-state index contributed by atoms with van der Waals surface area (Å²) in [6.45, 7) is 1.64. The van der Waals surface area contributed by atoms with E-state index in [0.29, 0.717) is 16.5 Å². The molecule has 1 aromatic heterocycles. The van der Waals surface area contributed by atoms with Crippen LogP contribution in [0.4, 0.5) is 5.00 Å². The van der Waals surface area contributed by atoms with E-state index in [2.05, 4.69) is 5.32 Å². The number of aryl methyl sites for hydroxylation is 1. The van der Waals surface area contributed by atoms with Crippen LogP contribution in [0.5, 0.6) is 0 Å². The van der Waals surface area contributed by atoms with Gasteiger partial charge in [0.1, 0.15) is 5.00 Å². The zero-order chi connectivity index (χ0) is 16.6. The number of fused-ring (bicyclic) bond motifs is 1. The van der Waals surface area contributed by atoms with Crippen LogP contribution in [0.25, 0.3) is 0 Å². The number of nitrogens with two attached hydrogens (primary N) is 1. The molecule has 1 saturated carbocycles. The Morgan fingerprint density at radius 2 is 2.00 bits per heavy atom. The smallest absolute Gasteiger partial charge is 0.309 e. The molecular formula is C16H20N2O4S. The van der Waals surface area contributed by atoms with Gasteiger partial charge in [0.15, 0.2) is 6.61 Å². The van der Waals surface area contributed by atoms with E-state index in [1.807, 2.05) is 6.92 Å². The van der Waals surface area contributed by atoms with E-state index >= 15 is 0 Å². The number of nitrogens with one attached hydrogen (secondary N) is 1. The molecule has 124 valence electrons. The highest BCUT2D eigenvalue weighted by Gasteiger charge is 2.40. The summed E-state index contributed by atoms with van der Waals surface area (Å²) in [5, 5.41) is 3.15. The molecule has 1 fully saturated rings. The fraction of sp³-hybridized carbons (Fsp3) is 0.562. The first-order chi connectivity index (χ1) is 11.0. The molecule has 0 unspecified atom stereocenters. The number of thiophene rings is 1. The van der Waals surface area contributed by atoms with Crippen molar-refractivity contribution >= 4 is 34.1 Å². The average Bonchev–Trinajstić information content (AvgIpc) is 3.11. The van der Waals surface area contributed by atoms with Crippen LogP contribution in [0.3, 0.4) is 0 Å². The second kappa shape index (κ2) is 6.31. The lowest BCUT2D eigenvalue weighted by molar-refractivity contribution is -0.148. The number of ether oxygens (including phenoxy) is 1. The fourth-order valence-electron chi connectivity index (χ4n) is 2.97. The summed E-state index contributed by atoms with van der Waals surface area (Å²) < 4.78 is 5.01. The summed E-state index contributed by atoms with van der Waals surface area (Å²) in [5.74, 6) is -1.02. The molecule has 2 amide bonds. The minimum Gasteiger partial charge on any atom is -0.455 e. The Morgan fingerprint density at radius 1 is 1.30 bits per heavy atom. The number of primary amides is 1. The molecule has 1 heterocycles. The number of rotatable bonds is 5. The Labute approximate surface area is 138 Å². The summed E-state index contributed by atoms with van der Waals surface area (Å²) in [6.07, 6.45) is 4.65. The van der Waals surface area contributed by atoms with Gasteiger partial charge in [0.05, 0.1) is 11.5 Å². The monoisotopic (exact) mass is 336 g/mol. The van der Waals surface area contributed by atoms with E-state index in [1.54, 1.807) is 0 Å². The quantitative estimate of drug-likeness (QED) is 0.802. The molecule has 1 aromatic rings. The van der Waals surface area contributed by atoms with E-state index in [9.17, 15) is 14.4 Å². The molecule has 0 bridgehead atoms. The minimum absolute atomic E-state index is 0.0713. The first kappa shape index (κ1) is 16.0. The molecule has 0 aromatic carbocycles. The van der Waals surface area contributed by atoms with Crippen LogP contribution in [0.1, 0.15) is 47.0 Å². The topological polar surface area (TPSA) is 98.5 Å². The van der Waals surface area contributed by atoms with Crippen molar-refractivity contribution in [3.05, 3.63) is 16.0 Å². The summed E-state index contributed by atoms with van der Waals surface area (Å²) in [7, 11) is 0. The van der Waals surface area contributed by atoms with E-state index in [4.69, 9.17) is 10.5 Å². The Balaban J connectivity index is 1.65. The average molecular weight is 336 g/mol. The Bertz CT molecular complexity index is 667. The van der Waals surface area contributed by atoms with Crippen molar-refractivity contribution in [1.29, 1.82) is 0 Å². The molecule has 0 saturated heterocycles. The van der Waals surface area contributed by atoms with E-state index in [-0.39, 0.29) is 18.5 Å². The van der Waals surface area contributed by atoms with Gasteiger partial charge in [-0.15, -0.1) is 11.3 Å². The highest BCUT2D eigenvalue weighted by molar-refractivity contribution is 7.17. The summed E-state index contributed by atoms with van der Waals surface area (Å²) in [6, 6.07) is 0. The third-order valence-electron chi connectivity index (χ3n) is 4.43. The van der Waals surface area contributed by atoms with Gasteiger partial charge in [-0.25, -0.2) is 0 Å². The van der Waals surface area contributed by atoms with E-state index in [1.165, 1.54) is 11.3 Å². The number of esters is 1. The maximum atomic E-state index is 12.0. The lowest BCUT2D eigenvalue weighted by Gasteiger charge is -2.11. The van der Waals surface area contributed by atoms with Gasteiger partial charge in [-0.05, 0) is 43.6 Å². The van der Waals surface area contributed by atoms with Gasteiger partial charge in [-0.1, -0.05) is 6.92 Å². The van der Waals surface area contributed by atoms with Crippen LogP contribution < -0.4 is 11.1 Å².